The molecule has 1 heterocycles. The fraction of sp³-hybridized carbons (Fsp3) is 0.652. The van der Waals surface area contributed by atoms with Gasteiger partial charge in [-0.05, 0) is 36.5 Å². The largest absolute Gasteiger partial charge is 0.489 e. The molecule has 0 unspecified atom stereocenters. The first kappa shape index (κ1) is 22.0. The first-order valence-electron chi connectivity index (χ1n) is 11.0. The van der Waals surface area contributed by atoms with E-state index < -0.39 is 8.32 Å². The van der Waals surface area contributed by atoms with Gasteiger partial charge >= 0.3 is 5.97 Å². The lowest BCUT2D eigenvalue weighted by molar-refractivity contribution is -0.140. The van der Waals surface area contributed by atoms with Gasteiger partial charge in [-0.1, -0.05) is 39.0 Å². The molecule has 3 rings (SSSR count). The number of hydrogen-bond donors (Lipinski definition) is 0. The lowest BCUT2D eigenvalue weighted by atomic mass is 9.88. The van der Waals surface area contributed by atoms with Gasteiger partial charge in [-0.25, -0.2) is 0 Å². The lowest BCUT2D eigenvalue weighted by Gasteiger charge is -2.33. The minimum Gasteiger partial charge on any atom is -0.489 e. The van der Waals surface area contributed by atoms with Crippen LogP contribution in [0.15, 0.2) is 18.2 Å². The Labute approximate surface area is 175 Å². The third-order valence-corrected chi connectivity index (χ3v) is 11.7. The highest BCUT2D eigenvalue weighted by Crippen LogP contribution is 2.52. The maximum Gasteiger partial charge on any atom is 0.305 e. The fourth-order valence-electron chi connectivity index (χ4n) is 5.05. The van der Waals surface area contributed by atoms with Crippen molar-refractivity contribution in [3.63, 3.8) is 0 Å². The van der Waals surface area contributed by atoms with Crippen molar-refractivity contribution in [2.24, 2.45) is 5.92 Å². The van der Waals surface area contributed by atoms with Crippen LogP contribution >= 0.6 is 0 Å². The third kappa shape index (κ3) is 4.28. The predicted octanol–water partition coefficient (Wildman–Crippen LogP) is 4.64. The number of esters is 1. The summed E-state index contributed by atoms with van der Waals surface area (Å²) in [5, 5.41) is 0. The van der Waals surface area contributed by atoms with Crippen molar-refractivity contribution in [3.05, 3.63) is 29.3 Å². The Hall–Kier alpha value is -1.66. The molecule has 2 aliphatic rings. The van der Waals surface area contributed by atoms with Crippen LogP contribution in [-0.2, 0) is 25.2 Å². The summed E-state index contributed by atoms with van der Waals surface area (Å²) in [6, 6.07) is 9.44. The van der Waals surface area contributed by atoms with Gasteiger partial charge in [0.05, 0.1) is 19.1 Å². The first-order valence-corrected chi connectivity index (χ1v) is 13.5. The summed E-state index contributed by atoms with van der Waals surface area (Å²) in [5.74, 6) is 0.655. The summed E-state index contributed by atoms with van der Waals surface area (Å²) < 4.78 is 17.8. The predicted molar refractivity (Wildman–Crippen MR) is 115 cm³/mol. The van der Waals surface area contributed by atoms with E-state index in [0.717, 1.165) is 60.6 Å². The highest BCUT2D eigenvalue weighted by molar-refractivity contribution is 6.73. The first-order chi connectivity index (χ1) is 14.0. The SMILES string of the molecule is CC[Si](CC)(CC)O[C@@H]1C[C@@H]2Oc3c(CCCC(=O)OC)cccc3[C@@H]2[C@H]1C=O. The van der Waals surface area contributed by atoms with E-state index in [-0.39, 0.29) is 30.0 Å². The van der Waals surface area contributed by atoms with E-state index >= 15 is 0 Å². The molecule has 0 saturated heterocycles. The molecule has 1 aromatic rings. The van der Waals surface area contributed by atoms with Crippen LogP contribution in [0.4, 0.5) is 0 Å². The third-order valence-electron chi connectivity index (χ3n) is 7.01. The number of hydrogen-bond acceptors (Lipinski definition) is 5. The lowest BCUT2D eigenvalue weighted by Crippen LogP contribution is -2.41. The van der Waals surface area contributed by atoms with Crippen LogP contribution in [0.2, 0.25) is 18.1 Å². The average Bonchev–Trinajstić information content (AvgIpc) is 3.27. The molecule has 4 atom stereocenters. The van der Waals surface area contributed by atoms with Gasteiger partial charge in [-0.2, -0.15) is 0 Å². The highest BCUT2D eigenvalue weighted by atomic mass is 28.4. The zero-order valence-corrected chi connectivity index (χ0v) is 19.1. The number of methoxy groups -OCH3 is 1. The number of rotatable bonds is 10. The zero-order valence-electron chi connectivity index (χ0n) is 18.1. The number of aldehydes is 1. The van der Waals surface area contributed by atoms with Gasteiger partial charge in [0, 0.05) is 24.3 Å². The van der Waals surface area contributed by atoms with Crippen LogP contribution in [0.5, 0.6) is 5.75 Å². The number of ether oxygens (including phenoxy) is 2. The maximum absolute atomic E-state index is 12.1. The second kappa shape index (κ2) is 9.43. The van der Waals surface area contributed by atoms with E-state index in [9.17, 15) is 9.59 Å². The monoisotopic (exact) mass is 418 g/mol. The summed E-state index contributed by atoms with van der Waals surface area (Å²) in [6.07, 6.45) is 3.73. The van der Waals surface area contributed by atoms with Crippen molar-refractivity contribution in [1.29, 1.82) is 0 Å². The molecule has 29 heavy (non-hydrogen) atoms. The minimum atomic E-state index is -1.78. The van der Waals surface area contributed by atoms with Gasteiger partial charge in [0.15, 0.2) is 8.32 Å². The smallest absolute Gasteiger partial charge is 0.305 e. The Morgan fingerprint density at radius 2 is 1.97 bits per heavy atom. The molecule has 1 aromatic carbocycles. The molecule has 1 fully saturated rings. The second-order valence-corrected chi connectivity index (χ2v) is 13.0. The van der Waals surface area contributed by atoms with Crippen LogP contribution in [-0.4, -0.2) is 39.9 Å². The van der Waals surface area contributed by atoms with Crippen molar-refractivity contribution in [2.75, 3.05) is 7.11 Å². The Morgan fingerprint density at radius 1 is 1.24 bits per heavy atom. The van der Waals surface area contributed by atoms with Gasteiger partial charge in [-0.3, -0.25) is 4.79 Å². The molecule has 6 heteroatoms. The zero-order chi connectivity index (χ0) is 21.0. The highest BCUT2D eigenvalue weighted by Gasteiger charge is 2.52. The van der Waals surface area contributed by atoms with E-state index in [1.165, 1.54) is 7.11 Å². The number of benzene rings is 1. The molecular formula is C23H34O5Si. The topological polar surface area (TPSA) is 61.8 Å². The van der Waals surface area contributed by atoms with Crippen LogP contribution in [0.25, 0.3) is 0 Å². The molecule has 0 radical (unpaired) electrons. The fourth-order valence-corrected chi connectivity index (χ4v) is 7.94. The van der Waals surface area contributed by atoms with Crippen molar-refractivity contribution in [1.82, 2.24) is 0 Å². The normalized spacial score (nSPS) is 25.2. The molecular weight excluding hydrogens is 384 g/mol. The number of carbonyl (C=O) groups excluding carboxylic acids is 2. The Morgan fingerprint density at radius 3 is 2.59 bits per heavy atom. The molecule has 0 amide bonds. The van der Waals surface area contributed by atoms with Gasteiger partial charge in [0.25, 0.3) is 0 Å². The number of fused-ring (bicyclic) bond motifs is 3. The van der Waals surface area contributed by atoms with Gasteiger partial charge in [0.2, 0.25) is 0 Å². The number of carbonyl (C=O) groups is 2. The van der Waals surface area contributed by atoms with Crippen LogP contribution in [0.3, 0.4) is 0 Å². The molecule has 1 saturated carbocycles. The number of para-hydroxylation sites is 1. The molecule has 0 N–H and O–H groups in total. The van der Waals surface area contributed by atoms with E-state index in [2.05, 4.69) is 32.9 Å². The molecule has 1 aliphatic carbocycles. The van der Waals surface area contributed by atoms with E-state index in [1.807, 2.05) is 6.07 Å². The Kier molecular flexibility index (Phi) is 7.17. The Balaban J connectivity index is 1.77. The van der Waals surface area contributed by atoms with Gasteiger partial charge < -0.3 is 18.7 Å². The summed E-state index contributed by atoms with van der Waals surface area (Å²) in [5.41, 5.74) is 2.24. The van der Waals surface area contributed by atoms with Gasteiger partial charge in [0.1, 0.15) is 18.1 Å². The second-order valence-electron chi connectivity index (χ2n) is 8.30. The van der Waals surface area contributed by atoms with Gasteiger partial charge in [-0.15, -0.1) is 0 Å². The Bertz CT molecular complexity index is 722. The van der Waals surface area contributed by atoms with Crippen molar-refractivity contribution < 1.29 is 23.5 Å². The van der Waals surface area contributed by atoms with Crippen molar-refractivity contribution >= 4 is 20.6 Å². The van der Waals surface area contributed by atoms with Crippen LogP contribution < -0.4 is 4.74 Å². The maximum atomic E-state index is 12.1. The summed E-state index contributed by atoms with van der Waals surface area (Å²) in [4.78, 5) is 23.5. The molecule has 0 spiro atoms. The van der Waals surface area contributed by atoms with Crippen molar-refractivity contribution in [2.45, 2.75) is 82.7 Å². The molecule has 5 nitrogen and oxygen atoms in total. The minimum absolute atomic E-state index is 0.00391. The molecule has 160 valence electrons. The van der Waals surface area contributed by atoms with E-state index in [1.54, 1.807) is 0 Å². The molecule has 0 bridgehead atoms. The van der Waals surface area contributed by atoms with Crippen molar-refractivity contribution in [3.8, 4) is 5.75 Å². The summed E-state index contributed by atoms with van der Waals surface area (Å²) in [6.45, 7) is 6.66. The number of aryl methyl sites for hydroxylation is 1. The van der Waals surface area contributed by atoms with E-state index in [0.29, 0.717) is 6.42 Å². The molecule has 0 aromatic heterocycles. The van der Waals surface area contributed by atoms with E-state index in [4.69, 9.17) is 13.9 Å². The summed E-state index contributed by atoms with van der Waals surface area (Å²) >= 11 is 0. The average molecular weight is 419 g/mol. The summed E-state index contributed by atoms with van der Waals surface area (Å²) in [7, 11) is -0.366. The van der Waals surface area contributed by atoms with Crippen LogP contribution in [0.1, 0.15) is 57.1 Å². The standard InChI is InChI=1S/C23H34O5Si/c1-5-29(6-2,7-3)28-19-14-20-22(18(19)15-24)17-12-8-10-16(23(17)27-20)11-9-13-21(25)26-4/h8,10,12,15,18-20,22H,5-7,9,11,13-14H2,1-4H3/t18-,19+,20-,22+/m0/s1. The quantitative estimate of drug-likeness (QED) is 0.315. The van der Waals surface area contributed by atoms with Crippen LogP contribution in [0, 0.1) is 5.92 Å². The molecule has 1 aliphatic heterocycles.